The quantitative estimate of drug-likeness (QED) is 0.704. The minimum Gasteiger partial charge on any atom is -0.336 e. The third-order valence-corrected chi connectivity index (χ3v) is 6.89. The largest absolute Gasteiger partial charge is 0.336 e. The number of hydrogen-bond donors (Lipinski definition) is 0. The number of benzene rings is 2. The van der Waals surface area contributed by atoms with Crippen molar-refractivity contribution in [1.29, 1.82) is 0 Å². The van der Waals surface area contributed by atoms with E-state index in [1.807, 2.05) is 0 Å². The molecule has 0 bridgehead atoms. The Morgan fingerprint density at radius 2 is 1.73 bits per heavy atom. The van der Waals surface area contributed by atoms with Crippen molar-refractivity contribution in [3.63, 3.8) is 0 Å². The van der Waals surface area contributed by atoms with Crippen LogP contribution in [-0.4, -0.2) is 49.7 Å². The van der Waals surface area contributed by atoms with Gasteiger partial charge in [0, 0.05) is 30.7 Å². The Kier molecular flexibility index (Phi) is 5.67. The van der Waals surface area contributed by atoms with Gasteiger partial charge in [0.2, 0.25) is 10.0 Å². The van der Waals surface area contributed by atoms with E-state index in [1.165, 1.54) is 22.5 Å². The molecular formula is C17H15BrClFN2O3S. The van der Waals surface area contributed by atoms with E-state index in [0.29, 0.717) is 10.6 Å². The molecular weight excluding hydrogens is 447 g/mol. The van der Waals surface area contributed by atoms with E-state index in [9.17, 15) is 17.6 Å². The van der Waals surface area contributed by atoms with Gasteiger partial charge in [-0.1, -0.05) is 39.7 Å². The number of hydrogen-bond acceptors (Lipinski definition) is 3. The lowest BCUT2D eigenvalue weighted by Gasteiger charge is -2.34. The zero-order chi connectivity index (χ0) is 18.9. The maximum absolute atomic E-state index is 13.9. The SMILES string of the molecule is O=C(c1cc(Br)ccc1Cl)N1CCN(S(=O)(=O)c2ccccc2F)CC1. The van der Waals surface area contributed by atoms with Crippen LogP contribution in [-0.2, 0) is 10.0 Å². The van der Waals surface area contributed by atoms with Gasteiger partial charge >= 0.3 is 0 Å². The lowest BCUT2D eigenvalue weighted by atomic mass is 10.2. The Bertz CT molecular complexity index is 947. The van der Waals surface area contributed by atoms with Gasteiger partial charge in [-0.15, -0.1) is 0 Å². The Morgan fingerprint density at radius 3 is 2.38 bits per heavy atom. The summed E-state index contributed by atoms with van der Waals surface area (Å²) in [4.78, 5) is 13.8. The lowest BCUT2D eigenvalue weighted by molar-refractivity contribution is 0.0698. The minimum absolute atomic E-state index is 0.0913. The molecule has 1 aliphatic rings. The molecule has 138 valence electrons. The van der Waals surface area contributed by atoms with Crippen molar-refractivity contribution in [2.75, 3.05) is 26.2 Å². The molecule has 2 aromatic rings. The Balaban J connectivity index is 1.74. The van der Waals surface area contributed by atoms with E-state index in [4.69, 9.17) is 11.6 Å². The molecule has 0 spiro atoms. The highest BCUT2D eigenvalue weighted by atomic mass is 79.9. The molecule has 0 N–H and O–H groups in total. The number of carbonyl (C=O) groups excluding carboxylic acids is 1. The molecule has 1 fully saturated rings. The summed E-state index contributed by atoms with van der Waals surface area (Å²) in [5.74, 6) is -1.05. The average molecular weight is 462 g/mol. The van der Waals surface area contributed by atoms with Gasteiger partial charge in [0.05, 0.1) is 10.6 Å². The summed E-state index contributed by atoms with van der Waals surface area (Å²) in [7, 11) is -3.93. The molecule has 1 heterocycles. The van der Waals surface area contributed by atoms with E-state index < -0.39 is 15.8 Å². The zero-order valence-corrected chi connectivity index (χ0v) is 16.7. The molecule has 26 heavy (non-hydrogen) atoms. The van der Waals surface area contributed by atoms with Crippen molar-refractivity contribution in [3.8, 4) is 0 Å². The normalized spacial score (nSPS) is 15.9. The van der Waals surface area contributed by atoms with Crippen molar-refractivity contribution >= 4 is 43.5 Å². The van der Waals surface area contributed by atoms with Crippen LogP contribution in [0.4, 0.5) is 4.39 Å². The number of nitrogens with zero attached hydrogens (tertiary/aromatic N) is 2. The molecule has 0 radical (unpaired) electrons. The zero-order valence-electron chi connectivity index (χ0n) is 13.5. The summed E-state index contributed by atoms with van der Waals surface area (Å²) in [5, 5.41) is 0.333. The molecule has 2 aromatic carbocycles. The highest BCUT2D eigenvalue weighted by molar-refractivity contribution is 9.10. The predicted molar refractivity (Wildman–Crippen MR) is 100 cm³/mol. The molecule has 1 amide bonds. The van der Waals surface area contributed by atoms with Gasteiger partial charge < -0.3 is 4.90 Å². The standard InChI is InChI=1S/C17H15BrClFN2O3S/c18-12-5-6-14(19)13(11-12)17(23)21-7-9-22(10-8-21)26(24,25)16-4-2-1-3-15(16)20/h1-6,11H,7-10H2. The van der Waals surface area contributed by atoms with Crippen LogP contribution in [0.15, 0.2) is 51.8 Å². The smallest absolute Gasteiger partial charge is 0.255 e. The first kappa shape index (κ1) is 19.3. The first-order valence-corrected chi connectivity index (χ1v) is 10.4. The summed E-state index contributed by atoms with van der Waals surface area (Å²) < 4.78 is 41.0. The number of piperazine rings is 1. The second kappa shape index (κ2) is 7.64. The fraction of sp³-hybridized carbons (Fsp3) is 0.235. The number of carbonyl (C=O) groups is 1. The highest BCUT2D eigenvalue weighted by Gasteiger charge is 2.32. The van der Waals surface area contributed by atoms with E-state index in [-0.39, 0.29) is 37.0 Å². The van der Waals surface area contributed by atoms with Gasteiger partial charge in [0.15, 0.2) is 0 Å². The van der Waals surface area contributed by atoms with Crippen LogP contribution in [0.2, 0.25) is 5.02 Å². The van der Waals surface area contributed by atoms with E-state index >= 15 is 0 Å². The van der Waals surface area contributed by atoms with Crippen LogP contribution in [0, 0.1) is 5.82 Å². The van der Waals surface area contributed by atoms with Crippen LogP contribution in [0.1, 0.15) is 10.4 Å². The fourth-order valence-corrected chi connectivity index (χ4v) is 4.80. The second-order valence-corrected chi connectivity index (χ2v) is 8.98. The van der Waals surface area contributed by atoms with E-state index in [1.54, 1.807) is 23.1 Å². The molecule has 1 aliphatic heterocycles. The molecule has 0 aromatic heterocycles. The highest BCUT2D eigenvalue weighted by Crippen LogP contribution is 2.24. The molecule has 0 saturated carbocycles. The second-order valence-electron chi connectivity index (χ2n) is 5.75. The van der Waals surface area contributed by atoms with E-state index in [2.05, 4.69) is 15.9 Å². The minimum atomic E-state index is -3.93. The maximum Gasteiger partial charge on any atom is 0.255 e. The van der Waals surface area contributed by atoms with Gasteiger partial charge in [-0.3, -0.25) is 4.79 Å². The third kappa shape index (κ3) is 3.78. The monoisotopic (exact) mass is 460 g/mol. The number of sulfonamides is 1. The average Bonchev–Trinajstić information content (AvgIpc) is 2.63. The van der Waals surface area contributed by atoms with E-state index in [0.717, 1.165) is 10.5 Å². The molecule has 0 aliphatic carbocycles. The summed E-state index contributed by atoms with van der Waals surface area (Å²) in [5.41, 5.74) is 0.353. The van der Waals surface area contributed by atoms with Crippen LogP contribution in [0.25, 0.3) is 0 Å². The fourth-order valence-electron chi connectivity index (χ4n) is 2.76. The third-order valence-electron chi connectivity index (χ3n) is 4.14. The van der Waals surface area contributed by atoms with Crippen molar-refractivity contribution in [1.82, 2.24) is 9.21 Å². The Morgan fingerprint density at radius 1 is 1.08 bits per heavy atom. The van der Waals surface area contributed by atoms with Crippen molar-refractivity contribution in [3.05, 3.63) is 63.3 Å². The van der Waals surface area contributed by atoms with Gasteiger partial charge in [0.1, 0.15) is 10.7 Å². The Hall–Kier alpha value is -1.48. The van der Waals surface area contributed by atoms with Crippen molar-refractivity contribution in [2.24, 2.45) is 0 Å². The Labute approximate surface area is 164 Å². The molecule has 1 saturated heterocycles. The molecule has 0 atom stereocenters. The first-order valence-electron chi connectivity index (χ1n) is 7.80. The van der Waals surface area contributed by atoms with Gasteiger partial charge in [-0.25, -0.2) is 12.8 Å². The summed E-state index contributed by atoms with van der Waals surface area (Å²) in [6.07, 6.45) is 0. The lowest BCUT2D eigenvalue weighted by Crippen LogP contribution is -2.50. The predicted octanol–water partition coefficient (Wildman–Crippen LogP) is 3.39. The van der Waals surface area contributed by atoms with Crippen LogP contribution in [0.3, 0.4) is 0 Å². The maximum atomic E-state index is 13.9. The van der Waals surface area contributed by atoms with Gasteiger partial charge in [-0.2, -0.15) is 4.31 Å². The van der Waals surface area contributed by atoms with Crippen molar-refractivity contribution in [2.45, 2.75) is 4.90 Å². The van der Waals surface area contributed by atoms with Crippen LogP contribution in [0.5, 0.6) is 0 Å². The first-order chi connectivity index (χ1) is 12.3. The molecule has 3 rings (SSSR count). The molecule has 9 heteroatoms. The molecule has 5 nitrogen and oxygen atoms in total. The van der Waals surface area contributed by atoms with Crippen LogP contribution < -0.4 is 0 Å². The van der Waals surface area contributed by atoms with Crippen LogP contribution >= 0.6 is 27.5 Å². The number of halogens is 3. The number of amides is 1. The van der Waals surface area contributed by atoms with Gasteiger partial charge in [0.25, 0.3) is 5.91 Å². The molecule has 0 unspecified atom stereocenters. The van der Waals surface area contributed by atoms with Crippen molar-refractivity contribution < 1.29 is 17.6 Å². The summed E-state index contributed by atoms with van der Waals surface area (Å²) in [6.45, 7) is 0.590. The summed E-state index contributed by atoms with van der Waals surface area (Å²) in [6, 6.07) is 10.3. The topological polar surface area (TPSA) is 57.7 Å². The van der Waals surface area contributed by atoms with Gasteiger partial charge in [-0.05, 0) is 30.3 Å². The summed E-state index contributed by atoms with van der Waals surface area (Å²) >= 11 is 9.40. The number of rotatable bonds is 3.